The van der Waals surface area contributed by atoms with E-state index in [2.05, 4.69) is 50.6 Å². The van der Waals surface area contributed by atoms with Crippen molar-refractivity contribution in [2.24, 2.45) is 0 Å². The topological polar surface area (TPSA) is 40.5 Å². The number of hydrogen-bond acceptors (Lipinski definition) is 1. The second-order valence-corrected chi connectivity index (χ2v) is 22.5. The van der Waals surface area contributed by atoms with E-state index in [1.165, 1.54) is 94.9 Å². The predicted octanol–water partition coefficient (Wildman–Crippen LogP) is 9.45. The third-order valence-electron chi connectivity index (χ3n) is 5.82. The van der Waals surface area contributed by atoms with E-state index in [1.54, 1.807) is 22.9 Å². The zero-order chi connectivity index (χ0) is 22.2. The van der Waals surface area contributed by atoms with Crippen LogP contribution < -0.4 is 0 Å². The van der Waals surface area contributed by atoms with Gasteiger partial charge in [-0.15, -0.1) is 0 Å². The molecule has 0 rings (SSSR count). The van der Waals surface area contributed by atoms with Crippen LogP contribution in [0.2, 0.25) is 15.0 Å². The van der Waals surface area contributed by atoms with Gasteiger partial charge in [-0.1, -0.05) is 12.2 Å². The smallest absolute Gasteiger partial charge is 0.239 e. The number of hydrogen-bond donors (Lipinski definition) is 3. The Morgan fingerprint density at radius 3 is 1.28 bits per heavy atom. The summed E-state index contributed by atoms with van der Waals surface area (Å²) in [5.41, 5.74) is -3.11. The van der Waals surface area contributed by atoms with Gasteiger partial charge in [0, 0.05) is 0 Å². The molecule has 0 aromatic carbocycles. The molecule has 0 fully saturated rings. The van der Waals surface area contributed by atoms with Crippen LogP contribution in [0, 0.1) is 0 Å². The van der Waals surface area contributed by atoms with E-state index in [0.717, 1.165) is 0 Å². The Hall–Kier alpha value is 1.28. The summed E-state index contributed by atoms with van der Waals surface area (Å²) in [5, 5.41) is 4.75. The minimum atomic E-state index is -3.11. The molecule has 6 heteroatoms. The SMILES string of the molecule is C=C[CH2][Zn]([CH2]CCCCCCCCC)[CH2]CCCCCCCCC.OP(O)(=S)S. The molecular weight excluding hydrogens is 469 g/mol. The number of unbranched alkanes of at least 4 members (excludes halogenated alkanes) is 14. The first kappa shape index (κ1) is 32.5. The molecule has 0 aliphatic heterocycles. The molecule has 29 heavy (non-hydrogen) atoms. The van der Waals surface area contributed by atoms with E-state index in [-0.39, 0.29) is 0 Å². The molecule has 0 spiro atoms. The van der Waals surface area contributed by atoms with Crippen LogP contribution in [0.5, 0.6) is 0 Å². The van der Waals surface area contributed by atoms with Crippen molar-refractivity contribution in [3.05, 3.63) is 12.7 Å². The van der Waals surface area contributed by atoms with Crippen LogP contribution >= 0.6 is 17.9 Å². The Labute approximate surface area is 199 Å². The number of allylic oxidation sites excluding steroid dienone is 1. The van der Waals surface area contributed by atoms with Gasteiger partial charge in [-0.3, -0.25) is 0 Å². The molecule has 2 nitrogen and oxygen atoms in total. The molecule has 0 amide bonds. The predicted molar refractivity (Wildman–Crippen MR) is 138 cm³/mol. The van der Waals surface area contributed by atoms with Crippen molar-refractivity contribution in [2.75, 3.05) is 0 Å². The molecule has 0 heterocycles. The second-order valence-electron chi connectivity index (χ2n) is 8.81. The van der Waals surface area contributed by atoms with Gasteiger partial charge >= 0.3 is 160 Å². The van der Waals surface area contributed by atoms with Crippen molar-refractivity contribution in [1.29, 1.82) is 0 Å². The molecule has 0 atom stereocenters. The minimum Gasteiger partial charge on any atom is -0.338 e. The summed E-state index contributed by atoms with van der Waals surface area (Å²) in [6.45, 7) is 8.63. The van der Waals surface area contributed by atoms with Gasteiger partial charge in [0.2, 0.25) is 5.69 Å². The quantitative estimate of drug-likeness (QED) is 0.0494. The van der Waals surface area contributed by atoms with Gasteiger partial charge in [-0.2, -0.15) is 0 Å². The average molecular weight is 519 g/mol. The third-order valence-corrected chi connectivity index (χ3v) is 14.7. The van der Waals surface area contributed by atoms with Gasteiger partial charge in [0.15, 0.2) is 0 Å². The minimum absolute atomic E-state index is 1.20. The average Bonchev–Trinajstić information content (AvgIpc) is 2.64. The number of rotatable bonds is 20. The van der Waals surface area contributed by atoms with Crippen LogP contribution in [0.3, 0.4) is 0 Å². The van der Waals surface area contributed by atoms with E-state index in [9.17, 15) is 0 Å². The van der Waals surface area contributed by atoms with Crippen molar-refractivity contribution < 1.29 is 25.7 Å². The van der Waals surface area contributed by atoms with Gasteiger partial charge < -0.3 is 9.79 Å². The molecule has 173 valence electrons. The maximum Gasteiger partial charge on any atom is 0.239 e. The largest absolute Gasteiger partial charge is 0.338 e. The Morgan fingerprint density at radius 2 is 1.00 bits per heavy atom. The van der Waals surface area contributed by atoms with E-state index in [1.807, 2.05) is 0 Å². The first-order valence-electron chi connectivity index (χ1n) is 12.5. The summed E-state index contributed by atoms with van der Waals surface area (Å²) in [5.74, 6) is 0. The molecule has 0 saturated heterocycles. The maximum atomic E-state index is 7.87. The molecule has 0 radical (unpaired) electrons. The van der Waals surface area contributed by atoms with E-state index < -0.39 is 21.6 Å². The summed E-state index contributed by atoms with van der Waals surface area (Å²) in [7, 11) is 0. The summed E-state index contributed by atoms with van der Waals surface area (Å²) >= 11 is 5.88. The molecular formula is C23H50O2PS2Zn. The molecule has 0 aliphatic carbocycles. The summed E-state index contributed by atoms with van der Waals surface area (Å²) < 4.78 is 0. The van der Waals surface area contributed by atoms with Crippen molar-refractivity contribution in [3.8, 4) is 0 Å². The van der Waals surface area contributed by atoms with Crippen molar-refractivity contribution in [2.45, 2.75) is 132 Å². The van der Waals surface area contributed by atoms with Crippen LogP contribution in [-0.4, -0.2) is 9.79 Å². The van der Waals surface area contributed by atoms with Crippen LogP contribution in [-0.2, 0) is 27.8 Å². The van der Waals surface area contributed by atoms with Crippen LogP contribution in [0.25, 0.3) is 0 Å². The standard InChI is InChI=1S/2C10H21.C3H5.H3O2PS2.Zn/c2*1-3-5-7-9-10-8-6-4-2;1-3-2;1-3(2,4)5;/h2*1,3-10H2,2H3;3H,1-2H2;(H3,1,2,4,5);. The molecule has 0 aromatic heterocycles. The Balaban J connectivity index is 0. The Bertz CT molecular complexity index is 350. The van der Waals surface area contributed by atoms with Crippen LogP contribution in [0.15, 0.2) is 12.7 Å². The number of thiol groups is 1. The van der Waals surface area contributed by atoms with Gasteiger partial charge in [-0.05, 0) is 11.8 Å². The third kappa shape index (κ3) is 37.0. The summed E-state index contributed by atoms with van der Waals surface area (Å²) in [6, 6.07) is 0. The summed E-state index contributed by atoms with van der Waals surface area (Å²) in [6.07, 6.45) is 25.8. The van der Waals surface area contributed by atoms with Crippen LogP contribution in [0.4, 0.5) is 0 Å². The van der Waals surface area contributed by atoms with Gasteiger partial charge in [0.05, 0.1) is 0 Å². The van der Waals surface area contributed by atoms with E-state index in [0.29, 0.717) is 0 Å². The molecule has 0 saturated carbocycles. The van der Waals surface area contributed by atoms with E-state index >= 15 is 0 Å². The van der Waals surface area contributed by atoms with Gasteiger partial charge in [0.25, 0.3) is 0 Å². The fraction of sp³-hybridized carbons (Fsp3) is 0.913. The van der Waals surface area contributed by atoms with Gasteiger partial charge in [0.1, 0.15) is 0 Å². The normalized spacial score (nSPS) is 11.1. The zero-order valence-electron chi connectivity index (χ0n) is 19.6. The fourth-order valence-electron chi connectivity index (χ4n) is 4.08. The monoisotopic (exact) mass is 517 g/mol. The van der Waals surface area contributed by atoms with Crippen molar-refractivity contribution in [1.82, 2.24) is 0 Å². The molecule has 0 aromatic rings. The van der Waals surface area contributed by atoms with Crippen molar-refractivity contribution in [3.63, 3.8) is 0 Å². The fourth-order valence-corrected chi connectivity index (χ4v) is 11.7. The first-order chi connectivity index (χ1) is 13.8. The van der Waals surface area contributed by atoms with Crippen molar-refractivity contribution >= 4 is 29.7 Å². The first-order valence-corrected chi connectivity index (χ1v) is 22.7. The maximum absolute atomic E-state index is 7.87. The zero-order valence-corrected chi connectivity index (χ0v) is 25.2. The van der Waals surface area contributed by atoms with E-state index in [4.69, 9.17) is 9.79 Å². The molecule has 0 unspecified atom stereocenters. The second kappa shape index (κ2) is 25.5. The molecule has 0 aliphatic rings. The van der Waals surface area contributed by atoms with Gasteiger partial charge in [-0.25, -0.2) is 0 Å². The molecule has 2 N–H and O–H groups in total. The summed E-state index contributed by atoms with van der Waals surface area (Å²) in [4.78, 5) is 15.7. The Morgan fingerprint density at radius 1 is 0.724 bits per heavy atom. The molecule has 0 bridgehead atoms. The Kier molecular flexibility index (Phi) is 28.6. The van der Waals surface area contributed by atoms with Crippen LogP contribution in [0.1, 0.15) is 117 Å².